The third-order valence-electron chi connectivity index (χ3n) is 2.92. The minimum Gasteiger partial charge on any atom is -0.476 e. The first-order chi connectivity index (χ1) is 10.0. The van der Waals surface area contributed by atoms with Gasteiger partial charge in [0.05, 0.1) is 12.2 Å². The summed E-state index contributed by atoms with van der Waals surface area (Å²) in [7, 11) is 1.68. The fraction of sp³-hybridized carbons (Fsp3) is 0.333. The number of carboxylic acids is 1. The van der Waals surface area contributed by atoms with Gasteiger partial charge in [-0.15, -0.1) is 16.4 Å². The van der Waals surface area contributed by atoms with Crippen molar-refractivity contribution >= 4 is 23.2 Å². The summed E-state index contributed by atoms with van der Waals surface area (Å²) in [6.45, 7) is 0.361. The zero-order valence-electron chi connectivity index (χ0n) is 11.4. The lowest BCUT2D eigenvalue weighted by atomic mass is 10.3. The maximum absolute atomic E-state index is 12.1. The van der Waals surface area contributed by atoms with Crippen LogP contribution in [0.5, 0.6) is 0 Å². The van der Waals surface area contributed by atoms with Crippen LogP contribution in [0.2, 0.25) is 0 Å². The van der Waals surface area contributed by atoms with Crippen LogP contribution in [-0.2, 0) is 24.4 Å². The number of rotatable bonds is 6. The standard InChI is InChI=1S/C12H15N5O3S/c1-16(6-8-3-2-4-21-8)10(18)7-17-9(5-13)11(12(19)20)14-15-17/h2-4H,5-7,13H2,1H3,(H,19,20). The SMILES string of the molecule is CN(Cc1cccs1)C(=O)Cn1nnc(C(=O)O)c1CN. The summed E-state index contributed by atoms with van der Waals surface area (Å²) in [4.78, 5) is 25.7. The molecule has 0 radical (unpaired) electrons. The van der Waals surface area contributed by atoms with Crippen molar-refractivity contribution < 1.29 is 14.7 Å². The van der Waals surface area contributed by atoms with E-state index in [0.29, 0.717) is 6.54 Å². The predicted octanol–water partition coefficient (Wildman–Crippen LogP) is 0.155. The van der Waals surface area contributed by atoms with E-state index in [1.165, 1.54) is 4.68 Å². The van der Waals surface area contributed by atoms with E-state index in [-0.39, 0.29) is 30.4 Å². The highest BCUT2D eigenvalue weighted by Gasteiger charge is 2.20. The molecule has 0 unspecified atom stereocenters. The molecule has 0 atom stereocenters. The molecule has 0 aromatic carbocycles. The van der Waals surface area contributed by atoms with Crippen molar-refractivity contribution in [1.29, 1.82) is 0 Å². The number of aromatic carboxylic acids is 1. The van der Waals surface area contributed by atoms with Gasteiger partial charge in [-0.25, -0.2) is 9.48 Å². The Bertz CT molecular complexity index is 637. The van der Waals surface area contributed by atoms with E-state index in [1.54, 1.807) is 23.3 Å². The van der Waals surface area contributed by atoms with E-state index in [4.69, 9.17) is 10.8 Å². The van der Waals surface area contributed by atoms with Gasteiger partial charge in [0.2, 0.25) is 5.91 Å². The van der Waals surface area contributed by atoms with Crippen molar-refractivity contribution in [3.63, 3.8) is 0 Å². The molecule has 0 aliphatic heterocycles. The quantitative estimate of drug-likeness (QED) is 0.785. The van der Waals surface area contributed by atoms with E-state index in [2.05, 4.69) is 10.3 Å². The van der Waals surface area contributed by atoms with Crippen molar-refractivity contribution in [2.75, 3.05) is 7.05 Å². The fourth-order valence-electron chi connectivity index (χ4n) is 1.80. The summed E-state index contributed by atoms with van der Waals surface area (Å²) >= 11 is 1.56. The average molecular weight is 309 g/mol. The zero-order valence-corrected chi connectivity index (χ0v) is 12.2. The first-order valence-electron chi connectivity index (χ1n) is 6.15. The minimum absolute atomic E-state index is 0.0451. The molecular weight excluding hydrogens is 294 g/mol. The second-order valence-electron chi connectivity index (χ2n) is 4.38. The number of thiophene rings is 1. The van der Waals surface area contributed by atoms with Gasteiger partial charge in [0.25, 0.3) is 0 Å². The van der Waals surface area contributed by atoms with Gasteiger partial charge in [-0.1, -0.05) is 11.3 Å². The number of hydrogen-bond donors (Lipinski definition) is 2. The maximum atomic E-state index is 12.1. The lowest BCUT2D eigenvalue weighted by Gasteiger charge is -2.16. The number of hydrogen-bond acceptors (Lipinski definition) is 6. The highest BCUT2D eigenvalue weighted by atomic mass is 32.1. The Morgan fingerprint density at radius 3 is 2.86 bits per heavy atom. The summed E-state index contributed by atoms with van der Waals surface area (Å²) in [5, 5.41) is 18.1. The highest BCUT2D eigenvalue weighted by molar-refractivity contribution is 7.09. The molecular formula is C12H15N5O3S. The molecule has 2 rings (SSSR count). The number of likely N-dealkylation sites (N-methyl/N-ethyl adjacent to an activating group) is 1. The van der Waals surface area contributed by atoms with E-state index in [0.717, 1.165) is 4.88 Å². The van der Waals surface area contributed by atoms with Gasteiger partial charge in [-0.3, -0.25) is 4.79 Å². The van der Waals surface area contributed by atoms with Gasteiger partial charge < -0.3 is 15.7 Å². The summed E-state index contributed by atoms with van der Waals surface area (Å²) in [6, 6.07) is 3.86. The number of nitrogens with two attached hydrogens (primary N) is 1. The Morgan fingerprint density at radius 2 is 2.29 bits per heavy atom. The fourth-order valence-corrected chi connectivity index (χ4v) is 2.56. The Hall–Kier alpha value is -2.26. The van der Waals surface area contributed by atoms with E-state index in [9.17, 15) is 9.59 Å². The van der Waals surface area contributed by atoms with Crippen LogP contribution >= 0.6 is 11.3 Å². The number of carbonyl (C=O) groups is 2. The molecule has 2 aromatic rings. The van der Waals surface area contributed by atoms with Gasteiger partial charge in [-0.2, -0.15) is 0 Å². The van der Waals surface area contributed by atoms with Crippen LogP contribution in [0.3, 0.4) is 0 Å². The number of carbonyl (C=O) groups excluding carboxylic acids is 1. The van der Waals surface area contributed by atoms with Crippen LogP contribution in [0.4, 0.5) is 0 Å². The van der Waals surface area contributed by atoms with Crippen molar-refractivity contribution in [3.05, 3.63) is 33.8 Å². The second-order valence-corrected chi connectivity index (χ2v) is 5.41. The van der Waals surface area contributed by atoms with Gasteiger partial charge >= 0.3 is 5.97 Å². The van der Waals surface area contributed by atoms with Crippen molar-refractivity contribution in [2.24, 2.45) is 5.73 Å². The summed E-state index contributed by atoms with van der Waals surface area (Å²) in [5.74, 6) is -1.40. The normalized spacial score (nSPS) is 10.6. The highest BCUT2D eigenvalue weighted by Crippen LogP contribution is 2.11. The summed E-state index contributed by atoms with van der Waals surface area (Å²) < 4.78 is 1.23. The molecule has 0 bridgehead atoms. The zero-order chi connectivity index (χ0) is 15.4. The molecule has 2 aromatic heterocycles. The third kappa shape index (κ3) is 3.44. The van der Waals surface area contributed by atoms with Crippen molar-refractivity contribution in [3.8, 4) is 0 Å². The number of nitrogens with zero attached hydrogens (tertiary/aromatic N) is 4. The average Bonchev–Trinajstić information content (AvgIpc) is 3.07. The predicted molar refractivity (Wildman–Crippen MR) is 75.7 cm³/mol. The van der Waals surface area contributed by atoms with Gasteiger partial charge in [0.1, 0.15) is 6.54 Å². The van der Waals surface area contributed by atoms with Crippen LogP contribution in [0.1, 0.15) is 21.1 Å². The molecule has 0 aliphatic rings. The van der Waals surface area contributed by atoms with Crippen LogP contribution < -0.4 is 5.73 Å². The van der Waals surface area contributed by atoms with Crippen molar-refractivity contribution in [2.45, 2.75) is 19.6 Å². The van der Waals surface area contributed by atoms with Crippen LogP contribution in [-0.4, -0.2) is 43.9 Å². The topological polar surface area (TPSA) is 114 Å². The smallest absolute Gasteiger partial charge is 0.358 e. The Balaban J connectivity index is 2.07. The first kappa shape index (κ1) is 15.1. The maximum Gasteiger partial charge on any atom is 0.358 e. The molecule has 2 heterocycles. The van der Waals surface area contributed by atoms with E-state index < -0.39 is 5.97 Å². The van der Waals surface area contributed by atoms with Gasteiger partial charge in [-0.05, 0) is 11.4 Å². The van der Waals surface area contributed by atoms with E-state index >= 15 is 0 Å². The molecule has 112 valence electrons. The molecule has 3 N–H and O–H groups in total. The third-order valence-corrected chi connectivity index (χ3v) is 3.78. The second kappa shape index (κ2) is 6.46. The summed E-state index contributed by atoms with van der Waals surface area (Å²) in [5.41, 5.74) is 5.53. The monoisotopic (exact) mass is 309 g/mol. The Kier molecular flexibility index (Phi) is 4.66. The molecule has 21 heavy (non-hydrogen) atoms. The number of amides is 1. The van der Waals surface area contributed by atoms with Gasteiger partial charge in [0, 0.05) is 18.5 Å². The molecule has 0 aliphatic carbocycles. The van der Waals surface area contributed by atoms with E-state index in [1.807, 2.05) is 17.5 Å². The van der Waals surface area contributed by atoms with Crippen molar-refractivity contribution in [1.82, 2.24) is 19.9 Å². The molecule has 0 spiro atoms. The molecule has 1 amide bonds. The molecule has 0 saturated heterocycles. The van der Waals surface area contributed by atoms with Gasteiger partial charge in [0.15, 0.2) is 5.69 Å². The summed E-state index contributed by atoms with van der Waals surface area (Å²) in [6.07, 6.45) is 0. The molecule has 0 fully saturated rings. The first-order valence-corrected chi connectivity index (χ1v) is 7.03. The lowest BCUT2D eigenvalue weighted by molar-refractivity contribution is -0.131. The van der Waals surface area contributed by atoms with Crippen LogP contribution in [0.25, 0.3) is 0 Å². The Morgan fingerprint density at radius 1 is 1.52 bits per heavy atom. The molecule has 9 heteroatoms. The largest absolute Gasteiger partial charge is 0.476 e. The molecule has 8 nitrogen and oxygen atoms in total. The Labute approximate surface area is 124 Å². The van der Waals surface area contributed by atoms with Crippen LogP contribution in [0, 0.1) is 0 Å². The van der Waals surface area contributed by atoms with Crippen LogP contribution in [0.15, 0.2) is 17.5 Å². The minimum atomic E-state index is -1.21. The lowest BCUT2D eigenvalue weighted by Crippen LogP contribution is -2.30. The molecule has 0 saturated carbocycles. The number of carboxylic acid groups (broad SMARTS) is 1. The number of aromatic nitrogens is 3.